The Morgan fingerprint density at radius 3 is 2.89 bits per heavy atom. The maximum Gasteiger partial charge on any atom is 0.258 e. The van der Waals surface area contributed by atoms with Gasteiger partial charge in [-0.2, -0.15) is 0 Å². The second-order valence-corrected chi connectivity index (χ2v) is 3.55. The molecule has 0 saturated heterocycles. The van der Waals surface area contributed by atoms with Crippen LogP contribution in [-0.4, -0.2) is 17.2 Å². The number of aromatic nitrogens is 1. The fourth-order valence-electron chi connectivity index (χ4n) is 1.45. The Kier molecular flexibility index (Phi) is 3.43. The van der Waals surface area contributed by atoms with Gasteiger partial charge in [-0.15, -0.1) is 0 Å². The normalized spacial score (nSPS) is 9.83. The molecule has 0 aliphatic rings. The second kappa shape index (κ2) is 5.18. The van der Waals surface area contributed by atoms with E-state index in [4.69, 9.17) is 0 Å². The van der Waals surface area contributed by atoms with Crippen LogP contribution in [0.15, 0.2) is 42.7 Å². The third-order valence-corrected chi connectivity index (χ3v) is 2.30. The van der Waals surface area contributed by atoms with Crippen LogP contribution >= 0.6 is 0 Å². The molecule has 2 aromatic rings. The fourth-order valence-corrected chi connectivity index (χ4v) is 1.45. The molecule has 0 unspecified atom stereocenters. The van der Waals surface area contributed by atoms with E-state index in [1.54, 1.807) is 18.2 Å². The summed E-state index contributed by atoms with van der Waals surface area (Å²) in [7, 11) is 0. The first-order chi connectivity index (χ1) is 8.70. The molecule has 1 aromatic carbocycles. The quantitative estimate of drug-likeness (QED) is 0.842. The number of hydrogen-bond donors (Lipinski definition) is 1. The minimum Gasteiger partial charge on any atom is -0.322 e. The van der Waals surface area contributed by atoms with Crippen molar-refractivity contribution < 1.29 is 14.0 Å². The minimum absolute atomic E-state index is 0.0958. The summed E-state index contributed by atoms with van der Waals surface area (Å²) in [5.74, 6) is -1.28. The summed E-state index contributed by atoms with van der Waals surface area (Å²) in [6.45, 7) is 0. The molecule has 1 aromatic heterocycles. The average Bonchev–Trinajstić information content (AvgIpc) is 2.39. The van der Waals surface area contributed by atoms with Gasteiger partial charge in [-0.25, -0.2) is 4.39 Å². The summed E-state index contributed by atoms with van der Waals surface area (Å²) >= 11 is 0. The van der Waals surface area contributed by atoms with Crippen molar-refractivity contribution in [2.45, 2.75) is 0 Å². The van der Waals surface area contributed by atoms with E-state index in [9.17, 15) is 14.0 Å². The van der Waals surface area contributed by atoms with Crippen LogP contribution < -0.4 is 5.32 Å². The zero-order valence-electron chi connectivity index (χ0n) is 9.26. The van der Waals surface area contributed by atoms with Crippen LogP contribution in [0, 0.1) is 5.82 Å². The molecular formula is C13H9FN2O2. The van der Waals surface area contributed by atoms with Gasteiger partial charge >= 0.3 is 0 Å². The summed E-state index contributed by atoms with van der Waals surface area (Å²) in [6.07, 6.45) is 2.97. The fraction of sp³-hybridized carbons (Fsp3) is 0. The van der Waals surface area contributed by atoms with E-state index in [2.05, 4.69) is 10.3 Å². The second-order valence-electron chi connectivity index (χ2n) is 3.55. The molecule has 5 heteroatoms. The third kappa shape index (κ3) is 2.57. The summed E-state index contributed by atoms with van der Waals surface area (Å²) in [5.41, 5.74) is 0.769. The SMILES string of the molecule is O=Cc1cccc(NC(=O)c2ccncc2F)c1. The lowest BCUT2D eigenvalue weighted by Gasteiger charge is -2.06. The number of carbonyl (C=O) groups is 2. The number of hydrogen-bond acceptors (Lipinski definition) is 3. The van der Waals surface area contributed by atoms with Crippen molar-refractivity contribution in [2.75, 3.05) is 5.32 Å². The van der Waals surface area contributed by atoms with Gasteiger partial charge in [-0.05, 0) is 18.2 Å². The van der Waals surface area contributed by atoms with Crippen molar-refractivity contribution in [2.24, 2.45) is 0 Å². The molecule has 0 aliphatic heterocycles. The molecular weight excluding hydrogens is 235 g/mol. The number of aldehydes is 1. The Morgan fingerprint density at radius 2 is 2.17 bits per heavy atom. The lowest BCUT2D eigenvalue weighted by molar-refractivity contribution is 0.102. The molecule has 90 valence electrons. The Morgan fingerprint density at radius 1 is 1.33 bits per heavy atom. The lowest BCUT2D eigenvalue weighted by Crippen LogP contribution is -2.14. The predicted molar refractivity (Wildman–Crippen MR) is 64.0 cm³/mol. The van der Waals surface area contributed by atoms with Gasteiger partial charge in [-0.1, -0.05) is 12.1 Å². The van der Waals surface area contributed by atoms with Crippen molar-refractivity contribution in [3.63, 3.8) is 0 Å². The highest BCUT2D eigenvalue weighted by Gasteiger charge is 2.11. The van der Waals surface area contributed by atoms with E-state index in [1.807, 2.05) is 0 Å². The van der Waals surface area contributed by atoms with Crippen LogP contribution in [0.25, 0.3) is 0 Å². The maximum absolute atomic E-state index is 13.3. The van der Waals surface area contributed by atoms with E-state index in [1.165, 1.54) is 18.3 Å². The monoisotopic (exact) mass is 244 g/mol. The molecule has 4 nitrogen and oxygen atoms in total. The van der Waals surface area contributed by atoms with Gasteiger partial charge in [0.05, 0.1) is 11.8 Å². The van der Waals surface area contributed by atoms with Crippen molar-refractivity contribution in [1.29, 1.82) is 0 Å². The number of halogens is 1. The van der Waals surface area contributed by atoms with Crippen LogP contribution in [0.3, 0.4) is 0 Å². The van der Waals surface area contributed by atoms with Crippen LogP contribution in [0.4, 0.5) is 10.1 Å². The Labute approximate surface area is 102 Å². The highest BCUT2D eigenvalue weighted by atomic mass is 19.1. The first-order valence-electron chi connectivity index (χ1n) is 5.17. The number of benzene rings is 1. The largest absolute Gasteiger partial charge is 0.322 e. The van der Waals surface area contributed by atoms with E-state index in [0.29, 0.717) is 17.5 Å². The van der Waals surface area contributed by atoms with Crippen molar-refractivity contribution in [1.82, 2.24) is 4.98 Å². The molecule has 0 fully saturated rings. The number of carbonyl (C=O) groups excluding carboxylic acids is 2. The number of amides is 1. The first kappa shape index (κ1) is 11.9. The number of rotatable bonds is 3. The highest BCUT2D eigenvalue weighted by molar-refractivity contribution is 6.04. The average molecular weight is 244 g/mol. The molecule has 18 heavy (non-hydrogen) atoms. The summed E-state index contributed by atoms with van der Waals surface area (Å²) in [4.78, 5) is 25.9. The van der Waals surface area contributed by atoms with E-state index >= 15 is 0 Å². The molecule has 1 N–H and O–H groups in total. The van der Waals surface area contributed by atoms with Gasteiger partial charge < -0.3 is 5.32 Å². The van der Waals surface area contributed by atoms with E-state index in [0.717, 1.165) is 6.20 Å². The lowest BCUT2D eigenvalue weighted by atomic mass is 10.2. The van der Waals surface area contributed by atoms with Gasteiger partial charge in [-0.3, -0.25) is 14.6 Å². The molecule has 0 radical (unpaired) electrons. The van der Waals surface area contributed by atoms with Crippen molar-refractivity contribution >= 4 is 17.9 Å². The number of nitrogens with zero attached hydrogens (tertiary/aromatic N) is 1. The molecule has 0 bridgehead atoms. The highest BCUT2D eigenvalue weighted by Crippen LogP contribution is 2.12. The zero-order chi connectivity index (χ0) is 13.0. The molecule has 0 aliphatic carbocycles. The van der Waals surface area contributed by atoms with Crippen LogP contribution in [0.1, 0.15) is 20.7 Å². The summed E-state index contributed by atoms with van der Waals surface area (Å²) in [6, 6.07) is 7.64. The zero-order valence-corrected chi connectivity index (χ0v) is 9.26. The standard InChI is InChI=1S/C13H9FN2O2/c14-12-7-15-5-4-11(12)13(18)16-10-3-1-2-9(6-10)8-17/h1-8H,(H,16,18). The van der Waals surface area contributed by atoms with Crippen LogP contribution in [0.2, 0.25) is 0 Å². The third-order valence-electron chi connectivity index (χ3n) is 2.30. The summed E-state index contributed by atoms with van der Waals surface area (Å²) < 4.78 is 13.3. The molecule has 1 amide bonds. The number of nitrogens with one attached hydrogen (secondary N) is 1. The molecule has 1 heterocycles. The molecule has 2 rings (SSSR count). The van der Waals surface area contributed by atoms with E-state index in [-0.39, 0.29) is 5.56 Å². The predicted octanol–water partition coefficient (Wildman–Crippen LogP) is 2.29. The Bertz CT molecular complexity index is 599. The van der Waals surface area contributed by atoms with Gasteiger partial charge in [0.25, 0.3) is 5.91 Å². The van der Waals surface area contributed by atoms with Crippen molar-refractivity contribution in [3.05, 3.63) is 59.7 Å². The number of anilines is 1. The van der Waals surface area contributed by atoms with Gasteiger partial charge in [0, 0.05) is 17.4 Å². The van der Waals surface area contributed by atoms with Gasteiger partial charge in [0.1, 0.15) is 6.29 Å². The van der Waals surface area contributed by atoms with Crippen molar-refractivity contribution in [3.8, 4) is 0 Å². The Hall–Kier alpha value is -2.56. The molecule has 0 saturated carbocycles. The summed E-state index contributed by atoms with van der Waals surface area (Å²) in [5, 5.41) is 2.51. The first-order valence-corrected chi connectivity index (χ1v) is 5.17. The molecule has 0 atom stereocenters. The van der Waals surface area contributed by atoms with Crippen LogP contribution in [0.5, 0.6) is 0 Å². The van der Waals surface area contributed by atoms with Crippen LogP contribution in [-0.2, 0) is 0 Å². The van der Waals surface area contributed by atoms with Gasteiger partial charge in [0.15, 0.2) is 5.82 Å². The van der Waals surface area contributed by atoms with Gasteiger partial charge in [0.2, 0.25) is 0 Å². The maximum atomic E-state index is 13.3. The topological polar surface area (TPSA) is 59.1 Å². The number of pyridine rings is 1. The minimum atomic E-state index is -0.693. The smallest absolute Gasteiger partial charge is 0.258 e. The molecule has 0 spiro atoms. The Balaban J connectivity index is 2.21. The van der Waals surface area contributed by atoms with E-state index < -0.39 is 11.7 Å².